The molecule has 53 heavy (non-hydrogen) atoms. The molecule has 12 heteroatoms. The summed E-state index contributed by atoms with van der Waals surface area (Å²) in [6.07, 6.45) is 16.0. The largest absolute Gasteiger partial charge is 0.494 e. The van der Waals surface area contributed by atoms with Crippen LogP contribution in [0.4, 0.5) is 0 Å². The molecule has 12 nitrogen and oxygen atoms in total. The van der Waals surface area contributed by atoms with Gasteiger partial charge in [0.25, 0.3) is 0 Å². The summed E-state index contributed by atoms with van der Waals surface area (Å²) >= 11 is 0. The maximum Gasteiger partial charge on any atom is 0.168 e. The number of benzene rings is 1. The quantitative estimate of drug-likeness (QED) is 0.0555. The van der Waals surface area contributed by atoms with Crippen molar-refractivity contribution >= 4 is 6.29 Å². The summed E-state index contributed by atoms with van der Waals surface area (Å²) in [5.41, 5.74) is 3.37. The zero-order valence-corrected chi connectivity index (χ0v) is 32.2. The van der Waals surface area contributed by atoms with E-state index in [0.717, 1.165) is 81.3 Å². The van der Waals surface area contributed by atoms with Crippen LogP contribution in [0.5, 0.6) is 5.75 Å². The molecular weight excluding hydrogens is 672 g/mol. The number of nitrogens with zero attached hydrogens (tertiary/aromatic N) is 6. The number of piperazine rings is 1. The molecule has 1 aliphatic heterocycles. The highest BCUT2D eigenvalue weighted by molar-refractivity contribution is 5.71. The van der Waals surface area contributed by atoms with Crippen LogP contribution in [0.2, 0.25) is 0 Å². The highest BCUT2D eigenvalue weighted by atomic mass is 16.6. The molecule has 1 aromatic carbocycles. The normalized spacial score (nSPS) is 13.8. The summed E-state index contributed by atoms with van der Waals surface area (Å²) in [5, 5.41) is 8.48. The van der Waals surface area contributed by atoms with Gasteiger partial charge in [0, 0.05) is 39.3 Å². The van der Waals surface area contributed by atoms with Crippen LogP contribution in [0, 0.1) is 0 Å². The lowest BCUT2D eigenvalue weighted by molar-refractivity contribution is -0.00747. The first-order valence-corrected chi connectivity index (χ1v) is 20.0. The average Bonchev–Trinajstić information content (AvgIpc) is 3.63. The van der Waals surface area contributed by atoms with Crippen LogP contribution >= 0.6 is 0 Å². The molecular formula is C41H64N6O6. The van der Waals surface area contributed by atoms with Gasteiger partial charge in [0.2, 0.25) is 0 Å². The predicted octanol–water partition coefficient (Wildman–Crippen LogP) is 6.22. The second-order valence-corrected chi connectivity index (χ2v) is 13.8. The number of aldehydes is 1. The molecule has 0 saturated carbocycles. The number of pyridine rings is 1. The SMILES string of the molecule is CCCCCCCCCCCCOc1ccc(Cn2cc(COCCOCCOCCOCCN3CCN(Cc4cccc(C=O)n4)CC3)nn2)cc1. The maximum absolute atomic E-state index is 11.0. The van der Waals surface area contributed by atoms with Crippen molar-refractivity contribution in [2.24, 2.45) is 0 Å². The number of unbranched alkanes of at least 4 members (excludes halogenated alkanes) is 9. The molecule has 1 fully saturated rings. The number of aromatic nitrogens is 4. The molecule has 3 aromatic rings. The topological polar surface area (TPSA) is 113 Å². The van der Waals surface area contributed by atoms with Gasteiger partial charge in [-0.05, 0) is 36.2 Å². The fourth-order valence-corrected chi connectivity index (χ4v) is 6.22. The van der Waals surface area contributed by atoms with E-state index in [1.54, 1.807) is 6.07 Å². The minimum Gasteiger partial charge on any atom is -0.494 e. The van der Waals surface area contributed by atoms with Crippen molar-refractivity contribution in [3.8, 4) is 5.75 Å². The minimum atomic E-state index is 0.396. The van der Waals surface area contributed by atoms with Crippen molar-refractivity contribution in [2.75, 3.05) is 85.6 Å². The first kappa shape index (κ1) is 42.5. The van der Waals surface area contributed by atoms with Gasteiger partial charge in [0.15, 0.2) is 6.29 Å². The molecule has 4 rings (SSSR count). The number of carbonyl (C=O) groups is 1. The van der Waals surface area contributed by atoms with E-state index < -0.39 is 0 Å². The smallest absolute Gasteiger partial charge is 0.168 e. The molecule has 0 spiro atoms. The third-order valence-electron chi connectivity index (χ3n) is 9.34. The van der Waals surface area contributed by atoms with E-state index in [9.17, 15) is 4.79 Å². The summed E-state index contributed by atoms with van der Waals surface area (Å²) in [7, 11) is 0. The number of ether oxygens (including phenoxy) is 5. The van der Waals surface area contributed by atoms with E-state index in [1.165, 1.54) is 57.8 Å². The van der Waals surface area contributed by atoms with Gasteiger partial charge in [-0.3, -0.25) is 14.6 Å². The van der Waals surface area contributed by atoms with Gasteiger partial charge in [-0.25, -0.2) is 9.67 Å². The molecule has 2 aromatic heterocycles. The highest BCUT2D eigenvalue weighted by Crippen LogP contribution is 2.15. The fraction of sp³-hybridized carbons (Fsp3) is 0.659. The molecule has 294 valence electrons. The number of carbonyl (C=O) groups excluding carboxylic acids is 1. The number of rotatable bonds is 31. The molecule has 0 atom stereocenters. The van der Waals surface area contributed by atoms with E-state index in [1.807, 2.05) is 35.1 Å². The first-order valence-electron chi connectivity index (χ1n) is 20.0. The van der Waals surface area contributed by atoms with Gasteiger partial charge in [-0.2, -0.15) is 0 Å². The highest BCUT2D eigenvalue weighted by Gasteiger charge is 2.17. The van der Waals surface area contributed by atoms with Crippen LogP contribution in [0.3, 0.4) is 0 Å². The van der Waals surface area contributed by atoms with Crippen LogP contribution in [-0.4, -0.2) is 122 Å². The van der Waals surface area contributed by atoms with Gasteiger partial charge in [0.1, 0.15) is 17.1 Å². The van der Waals surface area contributed by atoms with Gasteiger partial charge in [0.05, 0.1) is 77.9 Å². The van der Waals surface area contributed by atoms with Crippen molar-refractivity contribution in [2.45, 2.75) is 90.8 Å². The van der Waals surface area contributed by atoms with Crippen molar-refractivity contribution in [1.29, 1.82) is 0 Å². The van der Waals surface area contributed by atoms with Crippen molar-refractivity contribution in [3.63, 3.8) is 0 Å². The molecule has 0 aliphatic carbocycles. The molecule has 1 saturated heterocycles. The molecule has 0 unspecified atom stereocenters. The van der Waals surface area contributed by atoms with E-state index in [2.05, 4.69) is 44.2 Å². The van der Waals surface area contributed by atoms with Crippen molar-refractivity contribution < 1.29 is 28.5 Å². The summed E-state index contributed by atoms with van der Waals surface area (Å²) < 4.78 is 30.5. The second kappa shape index (κ2) is 27.3. The number of hydrogen-bond donors (Lipinski definition) is 0. The second-order valence-electron chi connectivity index (χ2n) is 13.8. The maximum atomic E-state index is 11.0. The van der Waals surface area contributed by atoms with Gasteiger partial charge in [-0.15, -0.1) is 5.10 Å². The molecule has 0 N–H and O–H groups in total. The first-order chi connectivity index (χ1) is 26.2. The van der Waals surface area contributed by atoms with E-state index in [0.29, 0.717) is 65.1 Å². The monoisotopic (exact) mass is 736 g/mol. The lowest BCUT2D eigenvalue weighted by Gasteiger charge is -2.34. The summed E-state index contributed by atoms with van der Waals surface area (Å²) in [5.74, 6) is 0.920. The lowest BCUT2D eigenvalue weighted by atomic mass is 10.1. The van der Waals surface area contributed by atoms with E-state index in [4.69, 9.17) is 23.7 Å². The van der Waals surface area contributed by atoms with Crippen LogP contribution < -0.4 is 4.74 Å². The summed E-state index contributed by atoms with van der Waals surface area (Å²) in [6.45, 7) is 13.6. The van der Waals surface area contributed by atoms with Crippen LogP contribution in [-0.2, 0) is 38.6 Å². The Balaban J connectivity index is 0.900. The zero-order valence-electron chi connectivity index (χ0n) is 32.2. The van der Waals surface area contributed by atoms with Crippen molar-refractivity contribution in [1.82, 2.24) is 29.8 Å². The standard InChI is InChI=1S/C41H64N6O6/c1-2-3-4-5-6-7-8-9-10-11-24-53-41-17-15-37(16-18-41)32-47-34-40(43-44-47)36-52-31-30-51-29-28-50-27-26-49-25-23-45-19-21-46(22-20-45)33-38-13-12-14-39(35-48)42-38/h12-18,34-35H,2-11,19-33,36H2,1H3. The Labute approximate surface area is 317 Å². The van der Waals surface area contributed by atoms with Crippen molar-refractivity contribution in [3.05, 3.63) is 71.3 Å². The van der Waals surface area contributed by atoms with E-state index >= 15 is 0 Å². The Kier molecular flexibility index (Phi) is 21.9. The Morgan fingerprint density at radius 1 is 0.642 bits per heavy atom. The Morgan fingerprint density at radius 3 is 1.94 bits per heavy atom. The third-order valence-corrected chi connectivity index (χ3v) is 9.34. The molecule has 0 amide bonds. The molecule has 3 heterocycles. The fourth-order valence-electron chi connectivity index (χ4n) is 6.22. The van der Waals surface area contributed by atoms with E-state index in [-0.39, 0.29) is 0 Å². The third kappa shape index (κ3) is 19.1. The Bertz CT molecular complexity index is 1350. The molecule has 0 radical (unpaired) electrons. The summed E-state index contributed by atoms with van der Waals surface area (Å²) in [4.78, 5) is 20.1. The molecule has 1 aliphatic rings. The Hall–Kier alpha value is -3.26. The number of hydrogen-bond acceptors (Lipinski definition) is 11. The van der Waals surface area contributed by atoms with Crippen LogP contribution in [0.15, 0.2) is 48.7 Å². The molecule has 0 bridgehead atoms. The van der Waals surface area contributed by atoms with Gasteiger partial charge in [-0.1, -0.05) is 88.1 Å². The zero-order chi connectivity index (χ0) is 37.0. The lowest BCUT2D eigenvalue weighted by Crippen LogP contribution is -2.46. The Morgan fingerprint density at radius 2 is 1.26 bits per heavy atom. The minimum absolute atomic E-state index is 0.396. The van der Waals surface area contributed by atoms with Gasteiger partial charge >= 0.3 is 0 Å². The van der Waals surface area contributed by atoms with Crippen LogP contribution in [0.1, 0.15) is 98.6 Å². The average molecular weight is 737 g/mol. The van der Waals surface area contributed by atoms with Crippen LogP contribution in [0.25, 0.3) is 0 Å². The summed E-state index contributed by atoms with van der Waals surface area (Å²) in [6, 6.07) is 13.9. The predicted molar refractivity (Wildman–Crippen MR) is 206 cm³/mol. The van der Waals surface area contributed by atoms with Gasteiger partial charge < -0.3 is 23.7 Å².